The molecular formula is C22H23ClN4O3. The monoisotopic (exact) mass is 426 g/mol. The van der Waals surface area contributed by atoms with Crippen molar-refractivity contribution in [2.75, 3.05) is 13.1 Å². The number of furan rings is 1. The highest BCUT2D eigenvalue weighted by atomic mass is 35.5. The number of rotatable bonds is 5. The predicted molar refractivity (Wildman–Crippen MR) is 112 cm³/mol. The molecule has 156 valence electrons. The third kappa shape index (κ3) is 4.26. The molecule has 3 heterocycles. The number of amides is 2. The van der Waals surface area contributed by atoms with Gasteiger partial charge in [-0.25, -0.2) is 4.98 Å². The number of carbonyl (C=O) groups excluding carboxylic acids is 2. The van der Waals surface area contributed by atoms with Gasteiger partial charge in [0.15, 0.2) is 5.76 Å². The van der Waals surface area contributed by atoms with E-state index in [1.54, 1.807) is 35.4 Å². The van der Waals surface area contributed by atoms with Gasteiger partial charge in [0.1, 0.15) is 11.9 Å². The number of carbonyl (C=O) groups is 2. The molecule has 0 saturated carbocycles. The van der Waals surface area contributed by atoms with Crippen molar-refractivity contribution in [3.63, 3.8) is 0 Å². The van der Waals surface area contributed by atoms with Gasteiger partial charge >= 0.3 is 0 Å². The lowest BCUT2D eigenvalue weighted by Crippen LogP contribution is -2.46. The lowest BCUT2D eigenvalue weighted by molar-refractivity contribution is -0.126. The molecule has 3 aromatic rings. The molecule has 1 N–H and O–H groups in total. The molecule has 1 saturated heterocycles. The Kier molecular flexibility index (Phi) is 5.90. The van der Waals surface area contributed by atoms with E-state index < -0.39 is 6.04 Å². The van der Waals surface area contributed by atoms with Gasteiger partial charge in [0.05, 0.1) is 12.2 Å². The van der Waals surface area contributed by atoms with Gasteiger partial charge in [-0.05, 0) is 42.7 Å². The molecule has 0 spiro atoms. The smallest absolute Gasteiger partial charge is 0.289 e. The summed E-state index contributed by atoms with van der Waals surface area (Å²) in [5.41, 5.74) is 0.890. The number of hydrogen-bond acceptors (Lipinski definition) is 4. The van der Waals surface area contributed by atoms with E-state index in [4.69, 9.17) is 16.0 Å². The van der Waals surface area contributed by atoms with Crippen LogP contribution in [0.3, 0.4) is 0 Å². The molecule has 0 radical (unpaired) electrons. The van der Waals surface area contributed by atoms with Gasteiger partial charge < -0.3 is 19.2 Å². The highest BCUT2D eigenvalue weighted by molar-refractivity contribution is 6.30. The van der Waals surface area contributed by atoms with Gasteiger partial charge in [0, 0.05) is 37.6 Å². The molecule has 7 nitrogen and oxygen atoms in total. The molecule has 1 fully saturated rings. The lowest BCUT2D eigenvalue weighted by Gasteiger charge is -2.32. The number of aromatic nitrogens is 2. The summed E-state index contributed by atoms with van der Waals surface area (Å²) in [6, 6.07) is 10.3. The predicted octanol–water partition coefficient (Wildman–Crippen LogP) is 3.42. The fourth-order valence-corrected chi connectivity index (χ4v) is 3.93. The molecule has 0 bridgehead atoms. The largest absolute Gasteiger partial charge is 0.459 e. The Bertz CT molecular complexity index is 1010. The number of piperidine rings is 1. The summed E-state index contributed by atoms with van der Waals surface area (Å²) in [5.74, 6) is 0.437. The molecule has 1 aliphatic rings. The van der Waals surface area contributed by atoms with Crippen molar-refractivity contribution in [3.8, 4) is 0 Å². The van der Waals surface area contributed by atoms with E-state index in [1.165, 1.54) is 6.26 Å². The van der Waals surface area contributed by atoms with Crippen LogP contribution in [0.1, 0.15) is 40.8 Å². The summed E-state index contributed by atoms with van der Waals surface area (Å²) in [7, 11) is 1.89. The molecule has 1 aliphatic heterocycles. The number of imidazole rings is 1. The molecule has 8 heteroatoms. The average Bonchev–Trinajstić information content (AvgIpc) is 3.44. The summed E-state index contributed by atoms with van der Waals surface area (Å²) in [6.45, 7) is 0.975. The second-order valence-electron chi connectivity index (χ2n) is 7.46. The average molecular weight is 427 g/mol. The van der Waals surface area contributed by atoms with Crippen LogP contribution in [0.4, 0.5) is 0 Å². The quantitative estimate of drug-likeness (QED) is 0.677. The Balaban J connectivity index is 1.51. The Morgan fingerprint density at radius 2 is 2.07 bits per heavy atom. The number of likely N-dealkylation sites (tertiary alicyclic amines) is 1. The minimum absolute atomic E-state index is 0.102. The minimum Gasteiger partial charge on any atom is -0.459 e. The van der Waals surface area contributed by atoms with Crippen molar-refractivity contribution in [3.05, 3.63) is 77.2 Å². The number of halogens is 1. The first-order valence-corrected chi connectivity index (χ1v) is 10.3. The zero-order valence-electron chi connectivity index (χ0n) is 16.6. The van der Waals surface area contributed by atoms with Crippen LogP contribution in [-0.2, 0) is 11.8 Å². The molecule has 2 amide bonds. The topological polar surface area (TPSA) is 80.4 Å². The number of nitrogens with one attached hydrogen (secondary N) is 1. The molecule has 2 aromatic heterocycles. The zero-order valence-corrected chi connectivity index (χ0v) is 17.4. The maximum absolute atomic E-state index is 13.2. The van der Waals surface area contributed by atoms with Crippen LogP contribution in [0.15, 0.2) is 59.5 Å². The van der Waals surface area contributed by atoms with Crippen LogP contribution < -0.4 is 5.32 Å². The van der Waals surface area contributed by atoms with E-state index in [1.807, 2.05) is 29.9 Å². The molecule has 4 rings (SSSR count). The fourth-order valence-electron chi connectivity index (χ4n) is 3.80. The van der Waals surface area contributed by atoms with Gasteiger partial charge in [0.25, 0.3) is 5.91 Å². The van der Waals surface area contributed by atoms with E-state index in [9.17, 15) is 9.59 Å². The summed E-state index contributed by atoms with van der Waals surface area (Å²) in [4.78, 5) is 31.9. The van der Waals surface area contributed by atoms with Gasteiger partial charge in [-0.3, -0.25) is 9.59 Å². The second-order valence-corrected chi connectivity index (χ2v) is 7.89. The normalized spacial score (nSPS) is 17.5. The summed E-state index contributed by atoms with van der Waals surface area (Å²) in [5, 5.41) is 3.76. The van der Waals surface area contributed by atoms with E-state index in [0.29, 0.717) is 23.9 Å². The maximum Gasteiger partial charge on any atom is 0.289 e. The van der Waals surface area contributed by atoms with Crippen molar-refractivity contribution in [1.82, 2.24) is 19.8 Å². The zero-order chi connectivity index (χ0) is 21.1. The first-order valence-electron chi connectivity index (χ1n) is 9.89. The third-order valence-corrected chi connectivity index (χ3v) is 5.67. The van der Waals surface area contributed by atoms with Crippen molar-refractivity contribution in [2.45, 2.75) is 18.9 Å². The van der Waals surface area contributed by atoms with Crippen LogP contribution >= 0.6 is 11.6 Å². The van der Waals surface area contributed by atoms with Crippen LogP contribution in [0.25, 0.3) is 0 Å². The molecule has 1 aromatic carbocycles. The molecule has 30 heavy (non-hydrogen) atoms. The van der Waals surface area contributed by atoms with E-state index in [2.05, 4.69) is 10.3 Å². The molecule has 2 atom stereocenters. The standard InChI is InChI=1S/C22H23ClN4O3/c1-26-12-10-24-20(26)19(15-6-8-17(23)9-7-15)25-21(28)16-4-2-11-27(14-16)22(29)18-5-3-13-30-18/h3,5-10,12-13,16,19H,2,4,11,14H2,1H3,(H,25,28). The highest BCUT2D eigenvalue weighted by Gasteiger charge is 2.32. The van der Waals surface area contributed by atoms with E-state index in [0.717, 1.165) is 24.2 Å². The third-order valence-electron chi connectivity index (χ3n) is 5.42. The first-order chi connectivity index (χ1) is 14.5. The summed E-state index contributed by atoms with van der Waals surface area (Å²) in [6.07, 6.45) is 6.51. The van der Waals surface area contributed by atoms with Gasteiger partial charge in [-0.15, -0.1) is 0 Å². The van der Waals surface area contributed by atoms with Crippen molar-refractivity contribution in [1.29, 1.82) is 0 Å². The first kappa shape index (κ1) is 20.2. The second kappa shape index (κ2) is 8.75. The molecule has 2 unspecified atom stereocenters. The van der Waals surface area contributed by atoms with Crippen LogP contribution in [0.2, 0.25) is 5.02 Å². The Labute approximate surface area is 179 Å². The van der Waals surface area contributed by atoms with Gasteiger partial charge in [-0.2, -0.15) is 0 Å². The van der Waals surface area contributed by atoms with Crippen LogP contribution in [0.5, 0.6) is 0 Å². The van der Waals surface area contributed by atoms with Gasteiger partial charge in [0.2, 0.25) is 5.91 Å². The Morgan fingerprint density at radius 1 is 1.27 bits per heavy atom. The van der Waals surface area contributed by atoms with Crippen LogP contribution in [0, 0.1) is 5.92 Å². The summed E-state index contributed by atoms with van der Waals surface area (Å²) < 4.78 is 7.11. The Hall–Kier alpha value is -3.06. The minimum atomic E-state index is -0.411. The SMILES string of the molecule is Cn1ccnc1C(NC(=O)C1CCCN(C(=O)c2ccco2)C1)c1ccc(Cl)cc1. The van der Waals surface area contributed by atoms with Crippen molar-refractivity contribution >= 4 is 23.4 Å². The molecular weight excluding hydrogens is 404 g/mol. The fraction of sp³-hybridized carbons (Fsp3) is 0.318. The van der Waals surface area contributed by atoms with Crippen molar-refractivity contribution in [2.24, 2.45) is 13.0 Å². The number of hydrogen-bond donors (Lipinski definition) is 1. The highest BCUT2D eigenvalue weighted by Crippen LogP contribution is 2.25. The van der Waals surface area contributed by atoms with Crippen LogP contribution in [-0.4, -0.2) is 39.4 Å². The summed E-state index contributed by atoms with van der Waals surface area (Å²) >= 11 is 6.03. The van der Waals surface area contributed by atoms with E-state index in [-0.39, 0.29) is 17.7 Å². The number of benzene rings is 1. The lowest BCUT2D eigenvalue weighted by atomic mass is 9.95. The van der Waals surface area contributed by atoms with Gasteiger partial charge in [-0.1, -0.05) is 23.7 Å². The maximum atomic E-state index is 13.2. The van der Waals surface area contributed by atoms with E-state index >= 15 is 0 Å². The Morgan fingerprint density at radius 3 is 2.73 bits per heavy atom. The van der Waals surface area contributed by atoms with Crippen molar-refractivity contribution < 1.29 is 14.0 Å². The molecule has 0 aliphatic carbocycles. The number of nitrogens with zero attached hydrogens (tertiary/aromatic N) is 3. The number of aryl methyl sites for hydroxylation is 1.